The summed E-state index contributed by atoms with van der Waals surface area (Å²) in [4.78, 5) is 11.0. The minimum absolute atomic E-state index is 0.0759. The molecule has 0 rings (SSSR count). The first-order valence-electron chi connectivity index (χ1n) is 6.61. The lowest BCUT2D eigenvalue weighted by Gasteiger charge is -2.24. The van der Waals surface area contributed by atoms with Crippen molar-refractivity contribution in [2.24, 2.45) is 11.7 Å². The summed E-state index contributed by atoms with van der Waals surface area (Å²) in [5.41, 5.74) is 5.50. The van der Waals surface area contributed by atoms with Gasteiger partial charge in [0, 0.05) is 6.54 Å². The first kappa shape index (κ1) is 16.4. The van der Waals surface area contributed by atoms with Gasteiger partial charge in [0.1, 0.15) is 0 Å². The van der Waals surface area contributed by atoms with Gasteiger partial charge in [-0.2, -0.15) is 0 Å². The van der Waals surface area contributed by atoms with Gasteiger partial charge in [-0.15, -0.1) is 0 Å². The molecule has 0 aliphatic rings. The molecule has 0 saturated carbocycles. The maximum atomic E-state index is 11.0. The third-order valence-corrected chi connectivity index (χ3v) is 3.03. The monoisotopic (exact) mass is 245 g/mol. The largest absolute Gasteiger partial charge is 0.481 e. The lowest BCUT2D eigenvalue weighted by atomic mass is 9.98. The van der Waals surface area contributed by atoms with Crippen molar-refractivity contribution in [1.29, 1.82) is 0 Å². The molecule has 4 nitrogen and oxygen atoms in total. The molecule has 0 spiro atoms. The van der Waals surface area contributed by atoms with E-state index in [4.69, 9.17) is 15.6 Å². The molecule has 3 atom stereocenters. The van der Waals surface area contributed by atoms with Gasteiger partial charge in [0.25, 0.3) is 0 Å². The molecular weight excluding hydrogens is 218 g/mol. The zero-order valence-corrected chi connectivity index (χ0v) is 11.3. The number of nitrogens with two attached hydrogens (primary N) is 1. The summed E-state index contributed by atoms with van der Waals surface area (Å²) in [5.74, 6) is -1.26. The first-order valence-corrected chi connectivity index (χ1v) is 6.61. The molecule has 3 N–H and O–H groups in total. The van der Waals surface area contributed by atoms with E-state index in [9.17, 15) is 4.79 Å². The summed E-state index contributed by atoms with van der Waals surface area (Å²) in [7, 11) is 0. The molecule has 0 aliphatic carbocycles. The van der Waals surface area contributed by atoms with Crippen molar-refractivity contribution in [2.45, 2.75) is 65.1 Å². The van der Waals surface area contributed by atoms with E-state index in [0.717, 1.165) is 19.3 Å². The highest BCUT2D eigenvalue weighted by Gasteiger charge is 2.25. The Morgan fingerprint density at radius 3 is 2.41 bits per heavy atom. The Morgan fingerprint density at radius 2 is 1.94 bits per heavy atom. The van der Waals surface area contributed by atoms with Crippen LogP contribution >= 0.6 is 0 Å². The fraction of sp³-hybridized carbons (Fsp3) is 0.923. The van der Waals surface area contributed by atoms with Crippen molar-refractivity contribution < 1.29 is 14.6 Å². The highest BCUT2D eigenvalue weighted by molar-refractivity contribution is 5.70. The molecule has 17 heavy (non-hydrogen) atoms. The molecular formula is C13H27NO3. The second-order valence-electron chi connectivity index (χ2n) is 4.70. The van der Waals surface area contributed by atoms with Crippen LogP contribution in [0, 0.1) is 5.92 Å². The van der Waals surface area contributed by atoms with Crippen LogP contribution in [0.1, 0.15) is 52.9 Å². The maximum Gasteiger partial charge on any atom is 0.308 e. The van der Waals surface area contributed by atoms with E-state index >= 15 is 0 Å². The van der Waals surface area contributed by atoms with Crippen molar-refractivity contribution in [3.05, 3.63) is 0 Å². The van der Waals surface area contributed by atoms with Gasteiger partial charge < -0.3 is 15.6 Å². The van der Waals surface area contributed by atoms with Crippen LogP contribution in [0.3, 0.4) is 0 Å². The van der Waals surface area contributed by atoms with Crippen molar-refractivity contribution in [2.75, 3.05) is 6.54 Å². The fourth-order valence-electron chi connectivity index (χ4n) is 1.72. The topological polar surface area (TPSA) is 72.5 Å². The number of rotatable bonds is 10. The lowest BCUT2D eigenvalue weighted by molar-refractivity contribution is -0.148. The number of hydrogen-bond acceptors (Lipinski definition) is 3. The van der Waals surface area contributed by atoms with E-state index in [1.54, 1.807) is 6.92 Å². The normalized spacial score (nSPS) is 16.5. The van der Waals surface area contributed by atoms with Crippen LogP contribution in [0.2, 0.25) is 0 Å². The minimum atomic E-state index is -0.797. The quantitative estimate of drug-likeness (QED) is 0.580. The summed E-state index contributed by atoms with van der Waals surface area (Å²) < 4.78 is 5.70. The van der Waals surface area contributed by atoms with Crippen LogP contribution in [-0.4, -0.2) is 29.8 Å². The molecule has 102 valence electrons. The van der Waals surface area contributed by atoms with Crippen molar-refractivity contribution in [3.63, 3.8) is 0 Å². The molecule has 0 aromatic rings. The van der Waals surface area contributed by atoms with Gasteiger partial charge in [-0.05, 0) is 20.3 Å². The second-order valence-corrected chi connectivity index (χ2v) is 4.70. The molecule has 0 aromatic carbocycles. The highest BCUT2D eigenvalue weighted by atomic mass is 16.5. The van der Waals surface area contributed by atoms with Gasteiger partial charge in [-0.3, -0.25) is 4.79 Å². The number of aliphatic carboxylic acids is 1. The van der Waals surface area contributed by atoms with Crippen LogP contribution < -0.4 is 5.73 Å². The number of hydrogen-bond donors (Lipinski definition) is 2. The Balaban J connectivity index is 4.15. The van der Waals surface area contributed by atoms with Crippen molar-refractivity contribution in [3.8, 4) is 0 Å². The summed E-state index contributed by atoms with van der Waals surface area (Å²) in [6.07, 6.45) is 5.04. The molecule has 0 fully saturated rings. The minimum Gasteiger partial charge on any atom is -0.481 e. The van der Waals surface area contributed by atoms with Crippen LogP contribution in [0.25, 0.3) is 0 Å². The zero-order chi connectivity index (χ0) is 13.3. The molecule has 0 heterocycles. The summed E-state index contributed by atoms with van der Waals surface area (Å²) in [5, 5.41) is 9.03. The van der Waals surface area contributed by atoms with Gasteiger partial charge >= 0.3 is 5.97 Å². The van der Waals surface area contributed by atoms with Crippen LogP contribution in [0.4, 0.5) is 0 Å². The molecule has 4 heteroatoms. The average Bonchev–Trinajstić information content (AvgIpc) is 2.31. The SMILES string of the molecule is CCCCCCC(OC(C)CN)C(C)C(=O)O. The maximum absolute atomic E-state index is 11.0. The van der Waals surface area contributed by atoms with Gasteiger partial charge in [0.2, 0.25) is 0 Å². The Kier molecular flexibility index (Phi) is 9.09. The standard InChI is InChI=1S/C13H27NO3/c1-4-5-6-7-8-12(11(3)13(15)16)17-10(2)9-14/h10-12H,4-9,14H2,1-3H3,(H,15,16). The van der Waals surface area contributed by atoms with Gasteiger partial charge in [0.15, 0.2) is 0 Å². The summed E-state index contributed by atoms with van der Waals surface area (Å²) in [6.45, 7) is 6.17. The van der Waals surface area contributed by atoms with E-state index in [1.807, 2.05) is 6.92 Å². The van der Waals surface area contributed by atoms with Crippen LogP contribution in [-0.2, 0) is 9.53 Å². The Hall–Kier alpha value is -0.610. The summed E-state index contributed by atoms with van der Waals surface area (Å²) >= 11 is 0. The molecule has 0 radical (unpaired) electrons. The van der Waals surface area contributed by atoms with Gasteiger partial charge in [-0.1, -0.05) is 32.6 Å². The Morgan fingerprint density at radius 1 is 1.29 bits per heavy atom. The van der Waals surface area contributed by atoms with Gasteiger partial charge in [0.05, 0.1) is 18.1 Å². The third kappa shape index (κ3) is 7.34. The Bertz CT molecular complexity index is 209. The molecule has 0 amide bonds. The van der Waals surface area contributed by atoms with E-state index in [-0.39, 0.29) is 12.2 Å². The molecule has 3 unspecified atom stereocenters. The number of unbranched alkanes of at least 4 members (excludes halogenated alkanes) is 3. The number of carboxylic acids is 1. The predicted octanol–water partition coefficient (Wildman–Crippen LogP) is 2.41. The zero-order valence-electron chi connectivity index (χ0n) is 11.3. The number of ether oxygens (including phenoxy) is 1. The van der Waals surface area contributed by atoms with E-state index in [0.29, 0.717) is 6.54 Å². The average molecular weight is 245 g/mol. The van der Waals surface area contributed by atoms with Crippen molar-refractivity contribution in [1.82, 2.24) is 0 Å². The van der Waals surface area contributed by atoms with E-state index in [1.165, 1.54) is 12.8 Å². The van der Waals surface area contributed by atoms with E-state index in [2.05, 4.69) is 6.92 Å². The highest BCUT2D eigenvalue weighted by Crippen LogP contribution is 2.18. The molecule has 0 bridgehead atoms. The number of carbonyl (C=O) groups is 1. The smallest absolute Gasteiger partial charge is 0.308 e. The summed E-state index contributed by atoms with van der Waals surface area (Å²) in [6, 6.07) is 0. The van der Waals surface area contributed by atoms with Crippen LogP contribution in [0.5, 0.6) is 0 Å². The van der Waals surface area contributed by atoms with E-state index < -0.39 is 11.9 Å². The molecule has 0 aromatic heterocycles. The molecule has 0 aliphatic heterocycles. The predicted molar refractivity (Wildman–Crippen MR) is 68.9 cm³/mol. The lowest BCUT2D eigenvalue weighted by Crippen LogP contribution is -2.34. The number of carboxylic acid groups (broad SMARTS) is 1. The van der Waals surface area contributed by atoms with Crippen molar-refractivity contribution >= 4 is 5.97 Å². The Labute approximate surface area is 105 Å². The molecule has 0 saturated heterocycles. The third-order valence-electron chi connectivity index (χ3n) is 3.03. The van der Waals surface area contributed by atoms with Gasteiger partial charge in [-0.25, -0.2) is 0 Å². The second kappa shape index (κ2) is 9.42. The van der Waals surface area contributed by atoms with Crippen LogP contribution in [0.15, 0.2) is 0 Å². The fourth-order valence-corrected chi connectivity index (χ4v) is 1.72. The first-order chi connectivity index (χ1) is 8.02.